The molecule has 1 atom stereocenters. The molecule has 0 radical (unpaired) electrons. The fraction of sp³-hybridized carbons (Fsp3) is 0.294. The first-order valence-electron chi connectivity index (χ1n) is 7.39. The molecule has 1 aliphatic heterocycles. The number of anilines is 1. The van der Waals surface area contributed by atoms with Crippen molar-refractivity contribution in [2.45, 2.75) is 19.1 Å². The minimum absolute atomic E-state index is 0.247. The van der Waals surface area contributed by atoms with Crippen LogP contribution in [0.1, 0.15) is 11.1 Å². The van der Waals surface area contributed by atoms with Gasteiger partial charge in [0.15, 0.2) is 0 Å². The van der Waals surface area contributed by atoms with Crippen LogP contribution in [0, 0.1) is 0 Å². The molecule has 1 saturated heterocycles. The third-order valence-electron chi connectivity index (χ3n) is 3.44. The van der Waals surface area contributed by atoms with Gasteiger partial charge < -0.3 is 9.47 Å². The van der Waals surface area contributed by atoms with Gasteiger partial charge in [0.25, 0.3) is 0 Å². The minimum Gasteiger partial charge on any atom is -0.487 e. The van der Waals surface area contributed by atoms with Gasteiger partial charge in [0.05, 0.1) is 24.7 Å². The van der Waals surface area contributed by atoms with Gasteiger partial charge in [-0.2, -0.15) is 0 Å². The number of hydrogen-bond acceptors (Lipinski definition) is 4. The molecule has 3 rings (SSSR count). The van der Waals surface area contributed by atoms with E-state index < -0.39 is 10.0 Å². The first-order valence-corrected chi connectivity index (χ1v) is 9.28. The monoisotopic (exact) mass is 333 g/mol. The number of sulfonamides is 1. The summed E-state index contributed by atoms with van der Waals surface area (Å²) in [5.41, 5.74) is 2.50. The zero-order valence-electron chi connectivity index (χ0n) is 12.9. The molecule has 1 fully saturated rings. The fourth-order valence-electron chi connectivity index (χ4n) is 2.29. The summed E-state index contributed by atoms with van der Waals surface area (Å²) in [4.78, 5) is 0. The van der Waals surface area contributed by atoms with E-state index in [4.69, 9.17) is 9.47 Å². The Morgan fingerprint density at radius 2 is 1.91 bits per heavy atom. The number of epoxide rings is 1. The fourth-order valence-corrected chi connectivity index (χ4v) is 2.85. The van der Waals surface area contributed by atoms with E-state index in [2.05, 4.69) is 4.72 Å². The number of ether oxygens (including phenoxy) is 2. The van der Waals surface area contributed by atoms with Gasteiger partial charge >= 0.3 is 0 Å². The predicted octanol–water partition coefficient (Wildman–Crippen LogP) is 2.58. The largest absolute Gasteiger partial charge is 0.487 e. The smallest absolute Gasteiger partial charge is 0.229 e. The highest BCUT2D eigenvalue weighted by Crippen LogP contribution is 2.29. The summed E-state index contributed by atoms with van der Waals surface area (Å²) in [6.45, 7) is 1.14. The standard InChI is InChI=1S/C17H19NO4S/c1-23(19,20)18-16-10-14(9-15-12-21-15)7-8-17(16)22-11-13-5-3-2-4-6-13/h2-8,10,15,18H,9,11-12H2,1H3/t15-/m1/s1. The lowest BCUT2D eigenvalue weighted by Crippen LogP contribution is -2.11. The SMILES string of the molecule is CS(=O)(=O)Nc1cc(C[C@@H]2CO2)ccc1OCc1ccccc1. The predicted molar refractivity (Wildman–Crippen MR) is 89.1 cm³/mol. The van der Waals surface area contributed by atoms with Crippen molar-refractivity contribution in [2.24, 2.45) is 0 Å². The molecule has 0 amide bonds. The second kappa shape index (κ2) is 6.60. The van der Waals surface area contributed by atoms with E-state index in [1.807, 2.05) is 42.5 Å². The normalized spacial score (nSPS) is 16.8. The van der Waals surface area contributed by atoms with Crippen molar-refractivity contribution in [3.8, 4) is 5.75 Å². The van der Waals surface area contributed by atoms with Crippen LogP contribution in [0.5, 0.6) is 5.75 Å². The lowest BCUT2D eigenvalue weighted by atomic mass is 10.1. The van der Waals surface area contributed by atoms with Crippen molar-refractivity contribution < 1.29 is 17.9 Å². The first-order chi connectivity index (χ1) is 11.0. The van der Waals surface area contributed by atoms with E-state index in [0.29, 0.717) is 18.0 Å². The van der Waals surface area contributed by atoms with E-state index in [1.54, 1.807) is 6.07 Å². The molecule has 1 heterocycles. The van der Waals surface area contributed by atoms with Crippen molar-refractivity contribution >= 4 is 15.7 Å². The molecule has 0 saturated carbocycles. The van der Waals surface area contributed by atoms with Crippen LogP contribution < -0.4 is 9.46 Å². The van der Waals surface area contributed by atoms with Crippen molar-refractivity contribution in [3.63, 3.8) is 0 Å². The summed E-state index contributed by atoms with van der Waals surface area (Å²) >= 11 is 0. The summed E-state index contributed by atoms with van der Waals surface area (Å²) in [6, 6.07) is 15.3. The highest BCUT2D eigenvalue weighted by Gasteiger charge is 2.23. The number of hydrogen-bond donors (Lipinski definition) is 1. The molecule has 2 aromatic rings. The van der Waals surface area contributed by atoms with Crippen LogP contribution in [0.3, 0.4) is 0 Å². The number of nitrogens with one attached hydrogen (secondary N) is 1. The highest BCUT2D eigenvalue weighted by atomic mass is 32.2. The number of benzene rings is 2. The van der Waals surface area contributed by atoms with Gasteiger partial charge in [-0.1, -0.05) is 36.4 Å². The average molecular weight is 333 g/mol. The molecule has 0 aliphatic carbocycles. The van der Waals surface area contributed by atoms with Crippen molar-refractivity contribution in [2.75, 3.05) is 17.6 Å². The Hall–Kier alpha value is -2.05. The summed E-state index contributed by atoms with van der Waals surface area (Å²) < 4.78 is 36.7. The summed E-state index contributed by atoms with van der Waals surface area (Å²) in [7, 11) is -3.37. The molecule has 0 spiro atoms. The molecule has 23 heavy (non-hydrogen) atoms. The van der Waals surface area contributed by atoms with Crippen LogP contribution in [-0.2, 0) is 27.8 Å². The van der Waals surface area contributed by atoms with Crippen molar-refractivity contribution in [3.05, 3.63) is 59.7 Å². The van der Waals surface area contributed by atoms with Gasteiger partial charge in [0, 0.05) is 6.42 Å². The minimum atomic E-state index is -3.37. The van der Waals surface area contributed by atoms with Crippen LogP contribution in [0.25, 0.3) is 0 Å². The Morgan fingerprint density at radius 3 is 2.57 bits per heavy atom. The Kier molecular flexibility index (Phi) is 4.54. The van der Waals surface area contributed by atoms with E-state index in [9.17, 15) is 8.42 Å². The van der Waals surface area contributed by atoms with Gasteiger partial charge in [0.1, 0.15) is 12.4 Å². The first kappa shape index (κ1) is 15.8. The van der Waals surface area contributed by atoms with E-state index in [0.717, 1.165) is 30.4 Å². The number of rotatable bonds is 7. The maximum Gasteiger partial charge on any atom is 0.229 e. The lowest BCUT2D eigenvalue weighted by Gasteiger charge is -2.14. The zero-order chi connectivity index (χ0) is 16.3. The van der Waals surface area contributed by atoms with Gasteiger partial charge in [-0.25, -0.2) is 8.42 Å². The highest BCUT2D eigenvalue weighted by molar-refractivity contribution is 7.92. The molecule has 2 aromatic carbocycles. The zero-order valence-corrected chi connectivity index (χ0v) is 13.7. The second-order valence-electron chi connectivity index (χ2n) is 5.64. The van der Waals surface area contributed by atoms with Crippen LogP contribution in [0.4, 0.5) is 5.69 Å². The molecule has 1 aliphatic rings. The van der Waals surface area contributed by atoms with Gasteiger partial charge in [-0.05, 0) is 23.3 Å². The van der Waals surface area contributed by atoms with E-state index >= 15 is 0 Å². The molecule has 0 unspecified atom stereocenters. The third kappa shape index (κ3) is 4.97. The quantitative estimate of drug-likeness (QED) is 0.791. The molecule has 0 bridgehead atoms. The van der Waals surface area contributed by atoms with Crippen LogP contribution >= 0.6 is 0 Å². The van der Waals surface area contributed by atoms with Gasteiger partial charge in [0.2, 0.25) is 10.0 Å². The molecular formula is C17H19NO4S. The van der Waals surface area contributed by atoms with E-state index in [-0.39, 0.29) is 6.10 Å². The van der Waals surface area contributed by atoms with Gasteiger partial charge in [-0.15, -0.1) is 0 Å². The molecule has 1 N–H and O–H groups in total. The molecule has 6 heteroatoms. The third-order valence-corrected chi connectivity index (χ3v) is 4.03. The Balaban J connectivity index is 1.78. The molecule has 122 valence electrons. The Labute approximate surface area is 136 Å². The Bertz CT molecular complexity index is 770. The van der Waals surface area contributed by atoms with Crippen molar-refractivity contribution in [1.29, 1.82) is 0 Å². The van der Waals surface area contributed by atoms with Gasteiger partial charge in [-0.3, -0.25) is 4.72 Å². The maximum absolute atomic E-state index is 11.6. The average Bonchev–Trinajstić information content (AvgIpc) is 3.30. The van der Waals surface area contributed by atoms with Crippen LogP contribution in [-0.4, -0.2) is 27.4 Å². The van der Waals surface area contributed by atoms with Crippen molar-refractivity contribution in [1.82, 2.24) is 0 Å². The second-order valence-corrected chi connectivity index (χ2v) is 7.39. The Morgan fingerprint density at radius 1 is 1.17 bits per heavy atom. The summed E-state index contributed by atoms with van der Waals surface area (Å²) in [5.74, 6) is 0.514. The van der Waals surface area contributed by atoms with Crippen LogP contribution in [0.2, 0.25) is 0 Å². The van der Waals surface area contributed by atoms with E-state index in [1.165, 1.54) is 0 Å². The molecular weight excluding hydrogens is 314 g/mol. The molecule has 0 aromatic heterocycles. The molecule has 5 nitrogen and oxygen atoms in total. The summed E-state index contributed by atoms with van der Waals surface area (Å²) in [6.07, 6.45) is 2.15. The lowest BCUT2D eigenvalue weighted by molar-refractivity contribution is 0.308. The van der Waals surface area contributed by atoms with Crippen LogP contribution in [0.15, 0.2) is 48.5 Å². The summed E-state index contributed by atoms with van der Waals surface area (Å²) in [5, 5.41) is 0. The topological polar surface area (TPSA) is 67.9 Å². The maximum atomic E-state index is 11.6.